The Hall–Kier alpha value is -1.34. The lowest BCUT2D eigenvalue weighted by Crippen LogP contribution is -2.50. The number of aromatic nitrogens is 2. The lowest BCUT2D eigenvalue weighted by Gasteiger charge is -2.35. The molecule has 1 aliphatic heterocycles. The number of ether oxygens (including phenoxy) is 1. The largest absolute Gasteiger partial charge is 0.384 e. The molecule has 0 spiro atoms. The first-order chi connectivity index (χ1) is 12.2. The molecule has 0 unspecified atom stereocenters. The van der Waals surface area contributed by atoms with E-state index >= 15 is 0 Å². The molecular formula is C19H30Cl2N4O2. The molecule has 8 heteroatoms. The van der Waals surface area contributed by atoms with E-state index in [-0.39, 0.29) is 36.1 Å². The Morgan fingerprint density at radius 1 is 1.30 bits per heavy atom. The molecule has 1 fully saturated rings. The number of methoxy groups -OCH3 is 1. The van der Waals surface area contributed by atoms with Crippen LogP contribution in [0.4, 0.5) is 0 Å². The molecule has 6 nitrogen and oxygen atoms in total. The number of amides is 1. The molecule has 1 aromatic heterocycles. The van der Waals surface area contributed by atoms with E-state index < -0.39 is 0 Å². The summed E-state index contributed by atoms with van der Waals surface area (Å²) >= 11 is 0. The highest BCUT2D eigenvalue weighted by Crippen LogP contribution is 2.29. The zero-order valence-corrected chi connectivity index (χ0v) is 17.6. The summed E-state index contributed by atoms with van der Waals surface area (Å²) in [5, 5.41) is 6.44. The van der Waals surface area contributed by atoms with Crippen molar-refractivity contribution < 1.29 is 9.53 Å². The van der Waals surface area contributed by atoms with E-state index in [2.05, 4.69) is 26.3 Å². The minimum Gasteiger partial charge on any atom is -0.384 e. The van der Waals surface area contributed by atoms with Crippen molar-refractivity contribution in [3.63, 3.8) is 0 Å². The first-order valence-corrected chi connectivity index (χ1v) is 9.06. The first-order valence-electron chi connectivity index (χ1n) is 9.06. The maximum Gasteiger partial charge on any atom is 0.228 e. The summed E-state index contributed by atoms with van der Waals surface area (Å²) in [5.41, 5.74) is 1.80. The van der Waals surface area contributed by atoms with Crippen LogP contribution in [-0.2, 0) is 16.1 Å². The number of rotatable bonds is 7. The van der Waals surface area contributed by atoms with Crippen molar-refractivity contribution in [1.82, 2.24) is 20.2 Å². The second-order valence-electron chi connectivity index (χ2n) is 6.87. The van der Waals surface area contributed by atoms with Gasteiger partial charge in [-0.25, -0.2) is 4.98 Å². The molecule has 1 amide bonds. The summed E-state index contributed by atoms with van der Waals surface area (Å²) in [4.78, 5) is 17.3. The van der Waals surface area contributed by atoms with Gasteiger partial charge in [0.25, 0.3) is 0 Å². The highest BCUT2D eigenvalue weighted by atomic mass is 35.5. The number of para-hydroxylation sites is 2. The van der Waals surface area contributed by atoms with Crippen LogP contribution in [0.5, 0.6) is 0 Å². The number of imidazole rings is 1. The molecule has 0 saturated carbocycles. The van der Waals surface area contributed by atoms with Crippen LogP contribution in [0, 0.1) is 12.3 Å². The van der Waals surface area contributed by atoms with Gasteiger partial charge < -0.3 is 19.9 Å². The standard InChI is InChI=1S/C19H28N4O2.2ClH/c1-15-22-16-6-3-4-7-17(16)23(15)13-5-10-21-18(24)19(14-25-2)8-11-20-12-9-19;;/h3-4,6-7,20H,5,8-14H2,1-2H3,(H,21,24);2*1H. The highest BCUT2D eigenvalue weighted by Gasteiger charge is 2.39. The summed E-state index contributed by atoms with van der Waals surface area (Å²) in [6.07, 6.45) is 2.55. The van der Waals surface area contributed by atoms with Crippen LogP contribution >= 0.6 is 24.8 Å². The highest BCUT2D eigenvalue weighted by molar-refractivity contribution is 5.85. The first kappa shape index (κ1) is 23.7. The van der Waals surface area contributed by atoms with E-state index in [1.807, 2.05) is 25.1 Å². The Labute approximate surface area is 173 Å². The quantitative estimate of drug-likeness (QED) is 0.680. The Bertz CT molecular complexity index is 724. The van der Waals surface area contributed by atoms with E-state index in [1.165, 1.54) is 0 Å². The predicted octanol–water partition coefficient (Wildman–Crippen LogP) is 2.71. The molecule has 2 heterocycles. The van der Waals surface area contributed by atoms with Crippen molar-refractivity contribution in [2.24, 2.45) is 5.41 Å². The number of aryl methyl sites for hydroxylation is 2. The summed E-state index contributed by atoms with van der Waals surface area (Å²) in [7, 11) is 1.67. The van der Waals surface area contributed by atoms with Gasteiger partial charge in [-0.05, 0) is 51.4 Å². The van der Waals surface area contributed by atoms with Crippen LogP contribution in [-0.4, -0.2) is 48.8 Å². The van der Waals surface area contributed by atoms with E-state index in [0.717, 1.165) is 55.8 Å². The number of hydrogen-bond acceptors (Lipinski definition) is 4. The molecule has 27 heavy (non-hydrogen) atoms. The molecule has 3 rings (SSSR count). The predicted molar refractivity (Wildman–Crippen MR) is 113 cm³/mol. The number of halogens is 2. The number of fused-ring (bicyclic) bond motifs is 1. The molecule has 0 radical (unpaired) electrons. The minimum atomic E-state index is -0.377. The maximum absolute atomic E-state index is 12.7. The third-order valence-corrected chi connectivity index (χ3v) is 5.15. The normalized spacial score (nSPS) is 15.6. The van der Waals surface area contributed by atoms with E-state index in [1.54, 1.807) is 7.11 Å². The smallest absolute Gasteiger partial charge is 0.228 e. The molecule has 0 aliphatic carbocycles. The zero-order chi connectivity index (χ0) is 17.7. The minimum absolute atomic E-state index is 0. The summed E-state index contributed by atoms with van der Waals surface area (Å²) in [5.74, 6) is 1.14. The number of piperidine rings is 1. The molecule has 2 aromatic rings. The summed E-state index contributed by atoms with van der Waals surface area (Å²) in [6.45, 7) is 5.79. The van der Waals surface area contributed by atoms with Crippen LogP contribution in [0.15, 0.2) is 24.3 Å². The van der Waals surface area contributed by atoms with Crippen molar-refractivity contribution >= 4 is 41.8 Å². The van der Waals surface area contributed by atoms with Crippen molar-refractivity contribution in [3.05, 3.63) is 30.1 Å². The Morgan fingerprint density at radius 3 is 2.70 bits per heavy atom. The van der Waals surface area contributed by atoms with Gasteiger partial charge in [-0.15, -0.1) is 24.8 Å². The molecule has 1 aliphatic rings. The van der Waals surface area contributed by atoms with Gasteiger partial charge in [0.15, 0.2) is 0 Å². The van der Waals surface area contributed by atoms with Gasteiger partial charge >= 0.3 is 0 Å². The Morgan fingerprint density at radius 2 is 2.00 bits per heavy atom. The van der Waals surface area contributed by atoms with Crippen LogP contribution in [0.25, 0.3) is 11.0 Å². The van der Waals surface area contributed by atoms with E-state index in [0.29, 0.717) is 13.2 Å². The van der Waals surface area contributed by atoms with Gasteiger partial charge in [-0.3, -0.25) is 4.79 Å². The van der Waals surface area contributed by atoms with Gasteiger partial charge in [0, 0.05) is 20.2 Å². The SMILES string of the molecule is COCC1(C(=O)NCCCn2c(C)nc3ccccc32)CCNCC1.Cl.Cl. The van der Waals surface area contributed by atoms with Crippen molar-refractivity contribution in [2.75, 3.05) is 33.4 Å². The van der Waals surface area contributed by atoms with Crippen LogP contribution in [0.3, 0.4) is 0 Å². The molecule has 2 N–H and O–H groups in total. The van der Waals surface area contributed by atoms with Gasteiger partial charge in [-0.1, -0.05) is 12.1 Å². The average Bonchev–Trinajstić information content (AvgIpc) is 2.95. The third kappa shape index (κ3) is 5.35. The van der Waals surface area contributed by atoms with Gasteiger partial charge in [0.1, 0.15) is 5.82 Å². The average molecular weight is 417 g/mol. The molecule has 0 atom stereocenters. The third-order valence-electron chi connectivity index (χ3n) is 5.15. The lowest BCUT2D eigenvalue weighted by molar-refractivity contribution is -0.136. The summed E-state index contributed by atoms with van der Waals surface area (Å²) < 4.78 is 7.55. The fourth-order valence-electron chi connectivity index (χ4n) is 3.72. The van der Waals surface area contributed by atoms with Gasteiger partial charge in [0.2, 0.25) is 5.91 Å². The van der Waals surface area contributed by atoms with Crippen LogP contribution < -0.4 is 10.6 Å². The molecule has 1 aromatic carbocycles. The van der Waals surface area contributed by atoms with Crippen molar-refractivity contribution in [3.8, 4) is 0 Å². The van der Waals surface area contributed by atoms with E-state index in [4.69, 9.17) is 4.74 Å². The molecule has 1 saturated heterocycles. The molecule has 152 valence electrons. The number of nitrogens with one attached hydrogen (secondary N) is 2. The number of benzene rings is 1. The number of carbonyl (C=O) groups excluding carboxylic acids is 1. The fourth-order valence-corrected chi connectivity index (χ4v) is 3.72. The number of carbonyl (C=O) groups is 1. The molecule has 0 bridgehead atoms. The second-order valence-corrected chi connectivity index (χ2v) is 6.87. The number of nitrogens with zero attached hydrogens (tertiary/aromatic N) is 2. The fraction of sp³-hybridized carbons (Fsp3) is 0.579. The molecular weight excluding hydrogens is 387 g/mol. The van der Waals surface area contributed by atoms with Gasteiger partial charge in [-0.2, -0.15) is 0 Å². The Kier molecular flexibility index (Phi) is 9.53. The Balaban J connectivity index is 0.00000182. The zero-order valence-electron chi connectivity index (χ0n) is 16.0. The van der Waals surface area contributed by atoms with Crippen molar-refractivity contribution in [2.45, 2.75) is 32.7 Å². The maximum atomic E-state index is 12.7. The van der Waals surface area contributed by atoms with E-state index in [9.17, 15) is 4.79 Å². The van der Waals surface area contributed by atoms with Crippen LogP contribution in [0.1, 0.15) is 25.1 Å². The number of hydrogen-bond donors (Lipinski definition) is 2. The van der Waals surface area contributed by atoms with Crippen molar-refractivity contribution in [1.29, 1.82) is 0 Å². The topological polar surface area (TPSA) is 68.2 Å². The summed E-state index contributed by atoms with van der Waals surface area (Å²) in [6, 6.07) is 8.17. The van der Waals surface area contributed by atoms with Crippen LogP contribution in [0.2, 0.25) is 0 Å². The monoisotopic (exact) mass is 416 g/mol. The van der Waals surface area contributed by atoms with Gasteiger partial charge in [0.05, 0.1) is 23.1 Å². The lowest BCUT2D eigenvalue weighted by atomic mass is 9.78. The second kappa shape index (κ2) is 10.9.